The quantitative estimate of drug-likeness (QED) is 0.351. The molecule has 0 saturated carbocycles. The summed E-state index contributed by atoms with van der Waals surface area (Å²) in [7, 11) is -4.64. The molecular weight excluding hydrogens is 218 g/mol. The van der Waals surface area contributed by atoms with Crippen LogP contribution in [0.1, 0.15) is 0 Å². The monoisotopic (exact) mass is 224 g/mol. The molecule has 0 aliphatic rings. The Balaban J connectivity index is 0. The van der Waals surface area contributed by atoms with Crippen molar-refractivity contribution >= 4 is 7.82 Å². The van der Waals surface area contributed by atoms with E-state index in [0.29, 0.717) is 0 Å². The molecule has 1 heterocycles. The maximum Gasteiger partial charge on any atom is 0.466 e. The van der Waals surface area contributed by atoms with Crippen molar-refractivity contribution in [3.8, 4) is 0 Å². The number of nitrogens with zero attached hydrogens (tertiary/aromatic N) is 1. The third-order valence-corrected chi connectivity index (χ3v) is 0.406. The van der Waals surface area contributed by atoms with Gasteiger partial charge in [0.1, 0.15) is 0 Å². The van der Waals surface area contributed by atoms with Crippen LogP contribution >= 0.6 is 7.82 Å². The maximum absolute atomic E-state index is 8.88. The zero-order valence-electron chi connectivity index (χ0n) is 5.19. The van der Waals surface area contributed by atoms with E-state index in [1.807, 2.05) is 0 Å². The molecule has 0 bridgehead atoms. The van der Waals surface area contributed by atoms with E-state index in [-0.39, 0.29) is 16.5 Å². The first-order valence-electron chi connectivity index (χ1n) is 2.21. The number of nitrogens with one attached hydrogen (secondary N) is 1. The number of aromatic amines is 1. The molecule has 0 aliphatic carbocycles. The summed E-state index contributed by atoms with van der Waals surface area (Å²) < 4.78 is 8.88. The fourth-order valence-electron chi connectivity index (χ4n) is 0.215. The van der Waals surface area contributed by atoms with Crippen molar-refractivity contribution in [2.45, 2.75) is 0 Å². The van der Waals surface area contributed by atoms with E-state index >= 15 is 0 Å². The third kappa shape index (κ3) is 25.9. The van der Waals surface area contributed by atoms with Gasteiger partial charge in [-0.05, 0) is 0 Å². The fourth-order valence-corrected chi connectivity index (χ4v) is 0.215. The van der Waals surface area contributed by atoms with Gasteiger partial charge in [-0.15, -0.1) is 0 Å². The van der Waals surface area contributed by atoms with Crippen molar-refractivity contribution < 1.29 is 35.7 Å². The molecule has 1 rings (SSSR count). The minimum absolute atomic E-state index is 0. The summed E-state index contributed by atoms with van der Waals surface area (Å²) in [6.07, 6.45) is 5.08. The normalized spacial score (nSPS) is 9.00. The van der Waals surface area contributed by atoms with Crippen LogP contribution in [0.2, 0.25) is 0 Å². The number of aromatic nitrogens is 2. The summed E-state index contributed by atoms with van der Waals surface area (Å²) in [5, 5.41) is 0. The standard InChI is InChI=1S/C3H4N2.Ni.H3O4P/c1-2-5-3-4-1;;1-5(2,3)4/h1-3H,(H,4,5);;(H3,1,2,3,4). The molecule has 0 fully saturated rings. The number of phosphoric acid groups is 1. The summed E-state index contributed by atoms with van der Waals surface area (Å²) in [5.41, 5.74) is 0. The van der Waals surface area contributed by atoms with E-state index in [1.165, 1.54) is 0 Å². The fraction of sp³-hybridized carbons (Fsp3) is 0. The molecule has 8 heteroatoms. The van der Waals surface area contributed by atoms with Gasteiger partial charge >= 0.3 is 7.82 Å². The van der Waals surface area contributed by atoms with Crippen LogP contribution in [-0.2, 0) is 21.1 Å². The van der Waals surface area contributed by atoms with E-state index in [0.717, 1.165) is 0 Å². The van der Waals surface area contributed by atoms with Crippen LogP contribution in [0.15, 0.2) is 18.7 Å². The minimum Gasteiger partial charge on any atom is -0.351 e. The Morgan fingerprint density at radius 2 is 1.82 bits per heavy atom. The average Bonchev–Trinajstić information content (AvgIpc) is 2.07. The predicted molar refractivity (Wildman–Crippen MR) is 32.9 cm³/mol. The topological polar surface area (TPSA) is 106 Å². The summed E-state index contributed by atoms with van der Waals surface area (Å²) in [6.45, 7) is 0. The molecule has 0 saturated heterocycles. The van der Waals surface area contributed by atoms with Crippen LogP contribution in [0.4, 0.5) is 0 Å². The van der Waals surface area contributed by atoms with E-state index in [9.17, 15) is 0 Å². The molecule has 0 amide bonds. The summed E-state index contributed by atoms with van der Waals surface area (Å²) in [6, 6.07) is 0. The van der Waals surface area contributed by atoms with Gasteiger partial charge in [0.05, 0.1) is 6.33 Å². The molecule has 0 aromatic carbocycles. The molecule has 1 aromatic rings. The molecule has 0 atom stereocenters. The summed E-state index contributed by atoms with van der Waals surface area (Å²) in [5.74, 6) is 0. The maximum atomic E-state index is 8.88. The third-order valence-electron chi connectivity index (χ3n) is 0.406. The first kappa shape index (κ1) is 13.4. The van der Waals surface area contributed by atoms with Crippen LogP contribution in [0.5, 0.6) is 0 Å². The van der Waals surface area contributed by atoms with Gasteiger partial charge in [0.15, 0.2) is 0 Å². The van der Waals surface area contributed by atoms with Gasteiger partial charge in [-0.25, -0.2) is 9.55 Å². The second-order valence-electron chi connectivity index (χ2n) is 1.27. The van der Waals surface area contributed by atoms with Gasteiger partial charge < -0.3 is 19.7 Å². The smallest absolute Gasteiger partial charge is 0.351 e. The van der Waals surface area contributed by atoms with E-state index in [2.05, 4.69) is 9.97 Å². The van der Waals surface area contributed by atoms with Gasteiger partial charge in [-0.1, -0.05) is 0 Å². The van der Waals surface area contributed by atoms with Crippen LogP contribution in [-0.4, -0.2) is 24.6 Å². The van der Waals surface area contributed by atoms with Crippen molar-refractivity contribution in [3.05, 3.63) is 18.7 Å². The summed E-state index contributed by atoms with van der Waals surface area (Å²) >= 11 is 0. The van der Waals surface area contributed by atoms with Gasteiger partial charge in [0.2, 0.25) is 0 Å². The van der Waals surface area contributed by atoms with Crippen molar-refractivity contribution in [1.29, 1.82) is 0 Å². The molecule has 1 aromatic heterocycles. The van der Waals surface area contributed by atoms with E-state index < -0.39 is 7.82 Å². The van der Waals surface area contributed by atoms with Crippen LogP contribution in [0, 0.1) is 0 Å². The van der Waals surface area contributed by atoms with Crippen molar-refractivity contribution in [2.24, 2.45) is 0 Å². The molecule has 0 unspecified atom stereocenters. The Morgan fingerprint density at radius 3 is 1.91 bits per heavy atom. The minimum atomic E-state index is -4.64. The molecule has 0 radical (unpaired) electrons. The largest absolute Gasteiger partial charge is 0.466 e. The Kier molecular flexibility index (Phi) is 7.95. The number of hydrogen-bond donors (Lipinski definition) is 4. The molecule has 0 spiro atoms. The molecule has 68 valence electrons. The SMILES string of the molecule is O=P(O)(O)O.[Ni].c1c[nH]cn1. The van der Waals surface area contributed by atoms with Gasteiger partial charge in [-0.3, -0.25) is 0 Å². The number of H-pyrrole nitrogens is 1. The first-order chi connectivity index (χ1) is 4.50. The summed E-state index contributed by atoms with van der Waals surface area (Å²) in [4.78, 5) is 28.0. The molecule has 6 nitrogen and oxygen atoms in total. The average molecular weight is 225 g/mol. The molecular formula is C3H7N2NiO4P. The van der Waals surface area contributed by atoms with Gasteiger partial charge in [0.25, 0.3) is 0 Å². The van der Waals surface area contributed by atoms with Gasteiger partial charge in [0, 0.05) is 28.9 Å². The van der Waals surface area contributed by atoms with E-state index in [4.69, 9.17) is 19.2 Å². The molecule has 0 aliphatic heterocycles. The van der Waals surface area contributed by atoms with Crippen molar-refractivity contribution in [1.82, 2.24) is 9.97 Å². The second-order valence-corrected chi connectivity index (χ2v) is 2.30. The number of imidazole rings is 1. The number of rotatable bonds is 0. The molecule has 4 N–H and O–H groups in total. The Bertz CT molecular complexity index is 172. The van der Waals surface area contributed by atoms with Gasteiger partial charge in [-0.2, -0.15) is 0 Å². The van der Waals surface area contributed by atoms with Crippen molar-refractivity contribution in [2.75, 3.05) is 0 Å². The van der Waals surface area contributed by atoms with Crippen LogP contribution < -0.4 is 0 Å². The zero-order valence-corrected chi connectivity index (χ0v) is 7.07. The van der Waals surface area contributed by atoms with Crippen LogP contribution in [0.25, 0.3) is 0 Å². The van der Waals surface area contributed by atoms with Crippen molar-refractivity contribution in [3.63, 3.8) is 0 Å². The Labute approximate surface area is 72.8 Å². The second kappa shape index (κ2) is 6.52. The van der Waals surface area contributed by atoms with E-state index in [1.54, 1.807) is 18.7 Å². The Hall–Kier alpha value is -0.186. The zero-order chi connectivity index (χ0) is 8.04. The predicted octanol–water partition coefficient (Wildman–Crippen LogP) is -0.521. The molecule has 11 heavy (non-hydrogen) atoms. The van der Waals surface area contributed by atoms with Crippen LogP contribution in [0.3, 0.4) is 0 Å². The first-order valence-corrected chi connectivity index (χ1v) is 3.77. The number of hydrogen-bond acceptors (Lipinski definition) is 2. The Morgan fingerprint density at radius 1 is 1.36 bits per heavy atom.